The molecule has 3 N–H and O–H groups in total. The van der Waals surface area contributed by atoms with Crippen LogP contribution in [0.3, 0.4) is 0 Å². The molecular weight excluding hydrogens is 300 g/mol. The number of hydrogen-bond acceptors (Lipinski definition) is 3. The molecule has 2 aromatic carbocycles. The first-order valence-electron chi connectivity index (χ1n) is 8.48. The normalized spacial score (nSPS) is 11.8. The predicted molar refractivity (Wildman–Crippen MR) is 98.1 cm³/mol. The van der Waals surface area contributed by atoms with E-state index >= 15 is 0 Å². The maximum Gasteiger partial charge on any atom is 0.224 e. The molecule has 1 amide bonds. The van der Waals surface area contributed by atoms with Crippen LogP contribution in [-0.2, 0) is 17.6 Å². The van der Waals surface area contributed by atoms with Gasteiger partial charge in [-0.2, -0.15) is 0 Å². The number of aliphatic hydroxyl groups excluding tert-OH is 1. The van der Waals surface area contributed by atoms with Crippen LogP contribution in [-0.4, -0.2) is 30.2 Å². The molecule has 1 atom stereocenters. The van der Waals surface area contributed by atoms with E-state index in [0.29, 0.717) is 6.42 Å². The van der Waals surface area contributed by atoms with Crippen LogP contribution in [0.4, 0.5) is 5.69 Å². The summed E-state index contributed by atoms with van der Waals surface area (Å²) < 4.78 is 0. The van der Waals surface area contributed by atoms with Crippen LogP contribution in [0.1, 0.15) is 24.5 Å². The summed E-state index contributed by atoms with van der Waals surface area (Å²) in [6.45, 7) is 2.79. The predicted octanol–water partition coefficient (Wildman–Crippen LogP) is 2.77. The van der Waals surface area contributed by atoms with Gasteiger partial charge in [-0.3, -0.25) is 4.79 Å². The molecule has 0 bridgehead atoms. The average Bonchev–Trinajstić information content (AvgIpc) is 2.62. The fraction of sp³-hybridized carbons (Fsp3) is 0.350. The molecule has 0 spiro atoms. The van der Waals surface area contributed by atoms with Crippen LogP contribution in [0, 0.1) is 0 Å². The quantitative estimate of drug-likeness (QED) is 0.664. The summed E-state index contributed by atoms with van der Waals surface area (Å²) in [7, 11) is 0. The van der Waals surface area contributed by atoms with Crippen molar-refractivity contribution >= 4 is 11.6 Å². The maximum atomic E-state index is 11.9. The van der Waals surface area contributed by atoms with Crippen molar-refractivity contribution in [2.75, 3.05) is 18.5 Å². The molecule has 0 aliphatic rings. The van der Waals surface area contributed by atoms with E-state index in [0.717, 1.165) is 30.6 Å². The Hall–Kier alpha value is -2.33. The number of rotatable bonds is 9. The van der Waals surface area contributed by atoms with E-state index in [1.54, 1.807) is 0 Å². The zero-order chi connectivity index (χ0) is 17.2. The topological polar surface area (TPSA) is 61.4 Å². The molecule has 1 unspecified atom stereocenters. The SMILES string of the molecule is CCC(CO)NC(=O)Cc1ccc(NCCc2ccccc2)cc1. The second-order valence-corrected chi connectivity index (χ2v) is 5.89. The Morgan fingerprint density at radius 3 is 2.38 bits per heavy atom. The maximum absolute atomic E-state index is 11.9. The van der Waals surface area contributed by atoms with E-state index in [-0.39, 0.29) is 18.6 Å². The Balaban J connectivity index is 1.77. The second-order valence-electron chi connectivity index (χ2n) is 5.89. The molecule has 0 heterocycles. The van der Waals surface area contributed by atoms with Gasteiger partial charge in [-0.25, -0.2) is 0 Å². The first-order valence-corrected chi connectivity index (χ1v) is 8.48. The van der Waals surface area contributed by atoms with Crippen LogP contribution in [0.2, 0.25) is 0 Å². The Morgan fingerprint density at radius 1 is 1.04 bits per heavy atom. The molecule has 0 radical (unpaired) electrons. The zero-order valence-corrected chi connectivity index (χ0v) is 14.2. The van der Waals surface area contributed by atoms with Crippen molar-refractivity contribution in [1.82, 2.24) is 5.32 Å². The minimum atomic E-state index is -0.156. The number of amides is 1. The lowest BCUT2D eigenvalue weighted by Crippen LogP contribution is -2.37. The zero-order valence-electron chi connectivity index (χ0n) is 14.2. The van der Waals surface area contributed by atoms with E-state index in [1.807, 2.05) is 37.3 Å². The fourth-order valence-corrected chi connectivity index (χ4v) is 2.48. The van der Waals surface area contributed by atoms with Crippen molar-refractivity contribution in [3.8, 4) is 0 Å². The second kappa shape index (κ2) is 9.73. The molecule has 0 aliphatic carbocycles. The lowest BCUT2D eigenvalue weighted by atomic mass is 10.1. The summed E-state index contributed by atoms with van der Waals surface area (Å²) in [4.78, 5) is 11.9. The van der Waals surface area contributed by atoms with E-state index < -0.39 is 0 Å². The third kappa shape index (κ3) is 6.05. The highest BCUT2D eigenvalue weighted by atomic mass is 16.3. The van der Waals surface area contributed by atoms with Gasteiger partial charge >= 0.3 is 0 Å². The summed E-state index contributed by atoms with van der Waals surface area (Å²) in [5.74, 6) is -0.0549. The third-order valence-electron chi connectivity index (χ3n) is 3.98. The molecule has 0 saturated carbocycles. The molecule has 24 heavy (non-hydrogen) atoms. The first-order chi connectivity index (χ1) is 11.7. The highest BCUT2D eigenvalue weighted by Crippen LogP contribution is 2.11. The molecular formula is C20H26N2O2. The number of benzene rings is 2. The van der Waals surface area contributed by atoms with Crippen molar-refractivity contribution in [3.05, 3.63) is 65.7 Å². The van der Waals surface area contributed by atoms with Crippen molar-refractivity contribution in [2.24, 2.45) is 0 Å². The standard InChI is InChI=1S/C20H26N2O2/c1-2-18(15-23)22-20(24)14-17-8-10-19(11-9-17)21-13-12-16-6-4-3-5-7-16/h3-11,18,21,23H,2,12-15H2,1H3,(H,22,24). The number of carbonyl (C=O) groups is 1. The molecule has 2 aromatic rings. The van der Waals surface area contributed by atoms with Crippen LogP contribution < -0.4 is 10.6 Å². The van der Waals surface area contributed by atoms with E-state index in [2.05, 4.69) is 34.9 Å². The molecule has 4 nitrogen and oxygen atoms in total. The molecule has 4 heteroatoms. The van der Waals surface area contributed by atoms with Gasteiger partial charge in [0.15, 0.2) is 0 Å². The van der Waals surface area contributed by atoms with Gasteiger partial charge in [-0.15, -0.1) is 0 Å². The van der Waals surface area contributed by atoms with Gasteiger partial charge < -0.3 is 15.7 Å². The summed E-state index contributed by atoms with van der Waals surface area (Å²) >= 11 is 0. The van der Waals surface area contributed by atoms with Gasteiger partial charge in [-0.1, -0.05) is 49.4 Å². The molecule has 128 valence electrons. The lowest BCUT2D eigenvalue weighted by molar-refractivity contribution is -0.121. The number of anilines is 1. The Labute approximate surface area is 143 Å². The number of hydrogen-bond donors (Lipinski definition) is 3. The molecule has 0 fully saturated rings. The van der Waals surface area contributed by atoms with Gasteiger partial charge in [0.2, 0.25) is 5.91 Å². The van der Waals surface area contributed by atoms with Crippen LogP contribution in [0.15, 0.2) is 54.6 Å². The number of aliphatic hydroxyl groups is 1. The number of carbonyl (C=O) groups excluding carboxylic acids is 1. The van der Waals surface area contributed by atoms with Gasteiger partial charge in [0.25, 0.3) is 0 Å². The first kappa shape index (κ1) is 18.0. The molecule has 0 aliphatic heterocycles. The Bertz CT molecular complexity index is 607. The fourth-order valence-electron chi connectivity index (χ4n) is 2.48. The van der Waals surface area contributed by atoms with Gasteiger partial charge in [0.05, 0.1) is 19.1 Å². The van der Waals surface area contributed by atoms with Gasteiger partial charge in [0, 0.05) is 12.2 Å². The van der Waals surface area contributed by atoms with Crippen molar-refractivity contribution in [1.29, 1.82) is 0 Å². The van der Waals surface area contributed by atoms with Crippen molar-refractivity contribution < 1.29 is 9.90 Å². The number of nitrogens with one attached hydrogen (secondary N) is 2. The average molecular weight is 326 g/mol. The van der Waals surface area contributed by atoms with Crippen LogP contribution in [0.25, 0.3) is 0 Å². The van der Waals surface area contributed by atoms with Crippen molar-refractivity contribution in [3.63, 3.8) is 0 Å². The van der Waals surface area contributed by atoms with E-state index in [9.17, 15) is 4.79 Å². The molecule has 2 rings (SSSR count). The highest BCUT2D eigenvalue weighted by molar-refractivity contribution is 5.79. The summed E-state index contributed by atoms with van der Waals surface area (Å²) in [5, 5.41) is 15.3. The monoisotopic (exact) mass is 326 g/mol. The van der Waals surface area contributed by atoms with Crippen molar-refractivity contribution in [2.45, 2.75) is 32.2 Å². The summed E-state index contributed by atoms with van der Waals surface area (Å²) in [5.41, 5.74) is 3.33. The smallest absolute Gasteiger partial charge is 0.224 e. The third-order valence-corrected chi connectivity index (χ3v) is 3.98. The Kier molecular flexibility index (Phi) is 7.30. The van der Waals surface area contributed by atoms with Gasteiger partial charge in [0.1, 0.15) is 0 Å². The Morgan fingerprint density at radius 2 is 1.75 bits per heavy atom. The highest BCUT2D eigenvalue weighted by Gasteiger charge is 2.09. The summed E-state index contributed by atoms with van der Waals surface area (Å²) in [6.07, 6.45) is 2.04. The minimum Gasteiger partial charge on any atom is -0.394 e. The lowest BCUT2D eigenvalue weighted by Gasteiger charge is -2.14. The molecule has 0 aromatic heterocycles. The minimum absolute atomic E-state index is 0.0213. The van der Waals surface area contributed by atoms with Crippen LogP contribution >= 0.6 is 0 Å². The van der Waals surface area contributed by atoms with Crippen LogP contribution in [0.5, 0.6) is 0 Å². The largest absolute Gasteiger partial charge is 0.394 e. The summed E-state index contributed by atoms with van der Waals surface area (Å²) in [6, 6.07) is 18.1. The van der Waals surface area contributed by atoms with Gasteiger partial charge in [-0.05, 0) is 36.1 Å². The molecule has 0 saturated heterocycles. The van der Waals surface area contributed by atoms with E-state index in [4.69, 9.17) is 5.11 Å². The van der Waals surface area contributed by atoms with E-state index in [1.165, 1.54) is 5.56 Å².